The van der Waals surface area contributed by atoms with Crippen molar-refractivity contribution in [3.8, 4) is 0 Å². The summed E-state index contributed by atoms with van der Waals surface area (Å²) in [6.07, 6.45) is -2.06. The number of aliphatic carboxylic acids is 2. The molecular formula is C16H28N4O8. The van der Waals surface area contributed by atoms with Crippen molar-refractivity contribution >= 4 is 29.7 Å². The third kappa shape index (κ3) is 8.31. The van der Waals surface area contributed by atoms with Gasteiger partial charge in [-0.25, -0.2) is 0 Å². The highest BCUT2D eigenvalue weighted by Crippen LogP contribution is 2.05. The lowest BCUT2D eigenvalue weighted by Crippen LogP contribution is -2.60. The molecular weight excluding hydrogens is 376 g/mol. The minimum absolute atomic E-state index is 0.440. The van der Waals surface area contributed by atoms with E-state index in [0.717, 1.165) is 0 Å². The summed E-state index contributed by atoms with van der Waals surface area (Å²) in [4.78, 5) is 58.2. The molecule has 0 aliphatic heterocycles. The molecule has 0 aromatic heterocycles. The Morgan fingerprint density at radius 1 is 0.821 bits per heavy atom. The molecule has 8 N–H and O–H groups in total. The highest BCUT2D eigenvalue weighted by atomic mass is 16.4. The van der Waals surface area contributed by atoms with Crippen LogP contribution in [0.15, 0.2) is 0 Å². The number of carbonyl (C=O) groups excluding carboxylic acids is 3. The van der Waals surface area contributed by atoms with Gasteiger partial charge in [-0.05, 0) is 19.8 Å². The van der Waals surface area contributed by atoms with Crippen LogP contribution in [-0.2, 0) is 24.0 Å². The summed E-state index contributed by atoms with van der Waals surface area (Å²) in [7, 11) is 0. The standard InChI is InChI=1S/C16H28N4O8/c1-6(2)11(14(25)18-7(3)16(27)28)19-15(26)12(8(4)21)20-13(24)9(17)5-10(22)23/h6-9,11-12,21H,5,17H2,1-4H3,(H,18,25)(H,19,26)(H,20,24)(H,22,23)(H,27,28). The van der Waals surface area contributed by atoms with Gasteiger partial charge in [0.1, 0.15) is 18.1 Å². The first kappa shape index (κ1) is 25.3. The van der Waals surface area contributed by atoms with Gasteiger partial charge in [0.25, 0.3) is 0 Å². The topological polar surface area (TPSA) is 208 Å². The summed E-state index contributed by atoms with van der Waals surface area (Å²) < 4.78 is 0. The van der Waals surface area contributed by atoms with Crippen molar-refractivity contribution < 1.29 is 39.3 Å². The summed E-state index contributed by atoms with van der Waals surface area (Å²) in [5, 5.41) is 34.1. The first-order valence-corrected chi connectivity index (χ1v) is 8.57. The van der Waals surface area contributed by atoms with Gasteiger partial charge in [0, 0.05) is 0 Å². The van der Waals surface area contributed by atoms with Crippen molar-refractivity contribution in [1.82, 2.24) is 16.0 Å². The van der Waals surface area contributed by atoms with Crippen LogP contribution in [0.4, 0.5) is 0 Å². The van der Waals surface area contributed by atoms with Crippen LogP contribution in [0.5, 0.6) is 0 Å². The molecule has 12 heteroatoms. The molecule has 0 heterocycles. The van der Waals surface area contributed by atoms with Crippen molar-refractivity contribution in [2.45, 2.75) is 64.4 Å². The number of nitrogens with one attached hydrogen (secondary N) is 3. The Labute approximate surface area is 161 Å². The Hall–Kier alpha value is -2.73. The van der Waals surface area contributed by atoms with Gasteiger partial charge < -0.3 is 37.0 Å². The van der Waals surface area contributed by atoms with E-state index in [4.69, 9.17) is 15.9 Å². The van der Waals surface area contributed by atoms with E-state index < -0.39 is 72.3 Å². The molecule has 3 amide bonds. The van der Waals surface area contributed by atoms with Gasteiger partial charge in [0.15, 0.2) is 0 Å². The third-order valence-corrected chi connectivity index (χ3v) is 3.77. The van der Waals surface area contributed by atoms with E-state index in [1.54, 1.807) is 13.8 Å². The van der Waals surface area contributed by atoms with Crippen LogP contribution < -0.4 is 21.7 Å². The Balaban J connectivity index is 5.22. The normalized spacial score (nSPS) is 16.2. The van der Waals surface area contributed by atoms with Crippen LogP contribution in [0.25, 0.3) is 0 Å². The van der Waals surface area contributed by atoms with E-state index in [9.17, 15) is 29.1 Å². The Bertz CT molecular complexity index is 607. The lowest BCUT2D eigenvalue weighted by molar-refractivity contribution is -0.142. The summed E-state index contributed by atoms with van der Waals surface area (Å²) in [5.74, 6) is -5.65. The second kappa shape index (κ2) is 11.2. The fraction of sp³-hybridized carbons (Fsp3) is 0.688. The Kier molecular flexibility index (Phi) is 10.1. The molecule has 0 aromatic rings. The molecule has 28 heavy (non-hydrogen) atoms. The molecule has 0 rings (SSSR count). The number of hydrogen-bond acceptors (Lipinski definition) is 7. The van der Waals surface area contributed by atoms with Crippen LogP contribution in [-0.4, -0.2) is 75.3 Å². The molecule has 5 unspecified atom stereocenters. The smallest absolute Gasteiger partial charge is 0.325 e. The number of carboxylic acid groups (broad SMARTS) is 2. The van der Waals surface area contributed by atoms with Crippen molar-refractivity contribution in [3.63, 3.8) is 0 Å². The van der Waals surface area contributed by atoms with Gasteiger partial charge >= 0.3 is 11.9 Å². The SMILES string of the molecule is CC(NC(=O)C(NC(=O)C(NC(=O)C(N)CC(=O)O)C(C)O)C(C)C)C(=O)O. The maximum Gasteiger partial charge on any atom is 0.325 e. The zero-order chi connectivity index (χ0) is 22.2. The summed E-state index contributed by atoms with van der Waals surface area (Å²) in [6.45, 7) is 5.68. The maximum absolute atomic E-state index is 12.5. The van der Waals surface area contributed by atoms with E-state index in [1.807, 2.05) is 0 Å². The van der Waals surface area contributed by atoms with E-state index in [-0.39, 0.29) is 0 Å². The average Bonchev–Trinajstić information content (AvgIpc) is 2.55. The lowest BCUT2D eigenvalue weighted by atomic mass is 10.0. The largest absolute Gasteiger partial charge is 0.481 e. The number of rotatable bonds is 11. The minimum Gasteiger partial charge on any atom is -0.481 e. The Morgan fingerprint density at radius 2 is 1.29 bits per heavy atom. The molecule has 0 fully saturated rings. The number of aliphatic hydroxyl groups excluding tert-OH is 1. The monoisotopic (exact) mass is 404 g/mol. The second-order valence-electron chi connectivity index (χ2n) is 6.73. The van der Waals surface area contributed by atoms with Crippen molar-refractivity contribution in [3.05, 3.63) is 0 Å². The number of carbonyl (C=O) groups is 5. The van der Waals surface area contributed by atoms with Crippen LogP contribution in [0.1, 0.15) is 34.1 Å². The average molecular weight is 404 g/mol. The molecule has 0 aliphatic rings. The molecule has 12 nitrogen and oxygen atoms in total. The fourth-order valence-electron chi connectivity index (χ4n) is 2.09. The molecule has 0 bridgehead atoms. The van der Waals surface area contributed by atoms with Gasteiger partial charge in [-0.1, -0.05) is 13.8 Å². The summed E-state index contributed by atoms with van der Waals surface area (Å²) in [6, 6.07) is -5.27. The molecule has 0 saturated heterocycles. The quantitative estimate of drug-likeness (QED) is 0.192. The predicted octanol–water partition coefficient (Wildman–Crippen LogP) is -2.62. The number of amides is 3. The summed E-state index contributed by atoms with van der Waals surface area (Å²) in [5.41, 5.74) is 5.42. The van der Waals surface area contributed by atoms with Crippen molar-refractivity contribution in [1.29, 1.82) is 0 Å². The van der Waals surface area contributed by atoms with E-state index in [2.05, 4.69) is 16.0 Å². The van der Waals surface area contributed by atoms with Crippen LogP contribution in [0.3, 0.4) is 0 Å². The van der Waals surface area contributed by atoms with Gasteiger partial charge in [0.05, 0.1) is 18.6 Å². The van der Waals surface area contributed by atoms with E-state index in [1.165, 1.54) is 13.8 Å². The third-order valence-electron chi connectivity index (χ3n) is 3.77. The highest BCUT2D eigenvalue weighted by Gasteiger charge is 2.33. The number of aliphatic hydroxyl groups is 1. The van der Waals surface area contributed by atoms with E-state index in [0.29, 0.717) is 0 Å². The van der Waals surface area contributed by atoms with Gasteiger partial charge in [0.2, 0.25) is 17.7 Å². The maximum atomic E-state index is 12.5. The first-order chi connectivity index (χ1) is 12.8. The molecule has 0 aliphatic carbocycles. The zero-order valence-corrected chi connectivity index (χ0v) is 16.1. The zero-order valence-electron chi connectivity index (χ0n) is 16.1. The predicted molar refractivity (Wildman–Crippen MR) is 95.8 cm³/mol. The molecule has 0 aromatic carbocycles. The van der Waals surface area contributed by atoms with E-state index >= 15 is 0 Å². The van der Waals surface area contributed by atoms with Gasteiger partial charge in [-0.15, -0.1) is 0 Å². The van der Waals surface area contributed by atoms with Crippen LogP contribution in [0, 0.1) is 5.92 Å². The lowest BCUT2D eigenvalue weighted by Gasteiger charge is -2.27. The van der Waals surface area contributed by atoms with Gasteiger partial charge in [-0.3, -0.25) is 24.0 Å². The minimum atomic E-state index is -1.50. The van der Waals surface area contributed by atoms with Crippen LogP contribution >= 0.6 is 0 Å². The molecule has 0 spiro atoms. The first-order valence-electron chi connectivity index (χ1n) is 8.57. The molecule has 0 saturated carbocycles. The summed E-state index contributed by atoms with van der Waals surface area (Å²) >= 11 is 0. The Morgan fingerprint density at radius 3 is 1.68 bits per heavy atom. The van der Waals surface area contributed by atoms with Crippen LogP contribution in [0.2, 0.25) is 0 Å². The van der Waals surface area contributed by atoms with Crippen molar-refractivity contribution in [2.24, 2.45) is 11.7 Å². The number of hydrogen-bond donors (Lipinski definition) is 7. The fourth-order valence-corrected chi connectivity index (χ4v) is 2.09. The molecule has 160 valence electrons. The second-order valence-corrected chi connectivity index (χ2v) is 6.73. The molecule has 0 radical (unpaired) electrons. The number of nitrogens with two attached hydrogens (primary N) is 1. The number of carboxylic acids is 2. The molecule has 5 atom stereocenters. The van der Waals surface area contributed by atoms with Crippen molar-refractivity contribution in [2.75, 3.05) is 0 Å². The van der Waals surface area contributed by atoms with Gasteiger partial charge in [-0.2, -0.15) is 0 Å². The highest BCUT2D eigenvalue weighted by molar-refractivity contribution is 5.95.